The smallest absolute Gasteiger partial charge is 0.160 e. The van der Waals surface area contributed by atoms with Gasteiger partial charge >= 0.3 is 0 Å². The van der Waals surface area contributed by atoms with Gasteiger partial charge < -0.3 is 9.32 Å². The molecule has 0 radical (unpaired) electrons. The van der Waals surface area contributed by atoms with E-state index in [4.69, 9.17) is 4.42 Å². The third kappa shape index (κ3) is 5.32. The van der Waals surface area contributed by atoms with Crippen molar-refractivity contribution in [1.82, 2.24) is 0 Å². The van der Waals surface area contributed by atoms with Gasteiger partial charge in [-0.2, -0.15) is 0 Å². The van der Waals surface area contributed by atoms with Crippen LogP contribution in [0.15, 0.2) is 205 Å². The van der Waals surface area contributed by atoms with Crippen LogP contribution in [0.1, 0.15) is 0 Å². The largest absolute Gasteiger partial charge is 0.454 e. The average Bonchev–Trinajstić information content (AvgIpc) is 3.83. The van der Waals surface area contributed by atoms with E-state index in [1.54, 1.807) is 0 Å². The molecule has 11 aromatic rings. The van der Waals surface area contributed by atoms with Crippen LogP contribution in [-0.2, 0) is 0 Å². The van der Waals surface area contributed by atoms with Crippen LogP contribution in [0.5, 0.6) is 0 Å². The van der Waals surface area contributed by atoms with Gasteiger partial charge in [-0.3, -0.25) is 0 Å². The molecule has 0 aliphatic carbocycles. The lowest BCUT2D eigenvalue weighted by atomic mass is 9.98. The topological polar surface area (TPSA) is 16.4 Å². The Hall–Kier alpha value is -6.94. The molecule has 0 fully saturated rings. The van der Waals surface area contributed by atoms with Crippen molar-refractivity contribution in [2.45, 2.75) is 0 Å². The minimum Gasteiger partial charge on any atom is -0.454 e. The second-order valence-corrected chi connectivity index (χ2v) is 15.1. The van der Waals surface area contributed by atoms with Crippen LogP contribution in [0.2, 0.25) is 0 Å². The second-order valence-electron chi connectivity index (χ2n) is 14.1. The summed E-state index contributed by atoms with van der Waals surface area (Å²) >= 11 is 1.87. The number of para-hydroxylation sites is 1. The van der Waals surface area contributed by atoms with Crippen molar-refractivity contribution < 1.29 is 4.42 Å². The van der Waals surface area contributed by atoms with Crippen molar-refractivity contribution in [3.05, 3.63) is 200 Å². The zero-order valence-corrected chi connectivity index (χ0v) is 30.6. The lowest BCUT2D eigenvalue weighted by Gasteiger charge is -2.28. The third-order valence-corrected chi connectivity index (χ3v) is 12.1. The minimum atomic E-state index is 0.861. The number of hydrogen-bond acceptors (Lipinski definition) is 3. The number of anilines is 3. The summed E-state index contributed by atoms with van der Waals surface area (Å²) in [6.07, 6.45) is 0. The first-order valence-corrected chi connectivity index (χ1v) is 19.5. The first kappa shape index (κ1) is 31.6. The number of benzene rings is 9. The van der Waals surface area contributed by atoms with Crippen LogP contribution >= 0.6 is 11.3 Å². The van der Waals surface area contributed by atoms with Crippen LogP contribution < -0.4 is 4.90 Å². The van der Waals surface area contributed by atoms with E-state index in [0.29, 0.717) is 0 Å². The van der Waals surface area contributed by atoms with Gasteiger partial charge in [0.15, 0.2) is 5.58 Å². The van der Waals surface area contributed by atoms with Crippen LogP contribution in [0.3, 0.4) is 0 Å². The van der Waals surface area contributed by atoms with E-state index in [9.17, 15) is 0 Å². The molecule has 0 saturated carbocycles. The highest BCUT2D eigenvalue weighted by Gasteiger charge is 2.24. The summed E-state index contributed by atoms with van der Waals surface area (Å²) in [5.74, 6) is 0. The van der Waals surface area contributed by atoms with E-state index >= 15 is 0 Å². The van der Waals surface area contributed by atoms with Gasteiger partial charge in [0.1, 0.15) is 5.58 Å². The van der Waals surface area contributed by atoms with Crippen molar-refractivity contribution in [3.63, 3.8) is 0 Å². The molecule has 3 heteroatoms. The fourth-order valence-electron chi connectivity index (χ4n) is 8.19. The molecule has 258 valence electrons. The Bertz CT molecular complexity index is 3190. The molecule has 0 spiro atoms. The van der Waals surface area contributed by atoms with E-state index < -0.39 is 0 Å². The quantitative estimate of drug-likeness (QED) is 0.170. The Morgan fingerprint density at radius 2 is 1.02 bits per heavy atom. The Kier molecular flexibility index (Phi) is 7.39. The van der Waals surface area contributed by atoms with Gasteiger partial charge in [0.2, 0.25) is 0 Å². The Morgan fingerprint density at radius 1 is 0.382 bits per heavy atom. The maximum atomic E-state index is 6.83. The lowest BCUT2D eigenvalue weighted by molar-refractivity contribution is 0.669. The van der Waals surface area contributed by atoms with Gasteiger partial charge in [0.25, 0.3) is 0 Å². The zero-order chi connectivity index (χ0) is 36.3. The van der Waals surface area contributed by atoms with Gasteiger partial charge in [-0.1, -0.05) is 152 Å². The molecule has 0 atom stereocenters. The molecule has 2 heterocycles. The van der Waals surface area contributed by atoms with E-state index in [-0.39, 0.29) is 0 Å². The first-order chi connectivity index (χ1) is 27.3. The molecule has 0 aliphatic rings. The Labute approximate surface area is 322 Å². The van der Waals surface area contributed by atoms with E-state index in [1.165, 1.54) is 53.2 Å². The SMILES string of the molecule is c1ccc(-c2ccc3c(oc4ccccc43)c2N(c2ccc(-c3ccc4ccccc4c3)cc2)c2ccc(-c3cccc4c3sc3ccccc34)cc2)cc1. The molecule has 0 amide bonds. The molecule has 11 rings (SSSR count). The standard InChI is InChI=1S/C52H33NOS/c1-2-12-36(13-3-1)42-31-32-46-44-15-6-8-19-48(44)54-51(46)50(42)53(40-27-23-35(24-28-40)39-22-21-34-11-4-5-14-38(34)33-39)41-29-25-37(26-30-41)43-17-10-18-47-45-16-7-9-20-49(45)55-52(43)47/h1-33H. The highest BCUT2D eigenvalue weighted by molar-refractivity contribution is 7.26. The number of hydrogen-bond donors (Lipinski definition) is 0. The molecule has 0 N–H and O–H groups in total. The summed E-state index contributed by atoms with van der Waals surface area (Å²) in [6.45, 7) is 0. The van der Waals surface area contributed by atoms with E-state index in [1.807, 2.05) is 17.4 Å². The molecule has 0 aliphatic heterocycles. The summed E-state index contributed by atoms with van der Waals surface area (Å²) in [6, 6.07) is 72.1. The summed E-state index contributed by atoms with van der Waals surface area (Å²) in [5, 5.41) is 7.30. The predicted octanol–water partition coefficient (Wildman–Crippen LogP) is 15.6. The fourth-order valence-corrected chi connectivity index (χ4v) is 9.43. The van der Waals surface area contributed by atoms with Crippen molar-refractivity contribution in [1.29, 1.82) is 0 Å². The molecule has 0 saturated heterocycles. The van der Waals surface area contributed by atoms with E-state index in [2.05, 4.69) is 199 Å². The number of nitrogens with zero attached hydrogens (tertiary/aromatic N) is 1. The van der Waals surface area contributed by atoms with Crippen molar-refractivity contribution in [2.24, 2.45) is 0 Å². The number of rotatable bonds is 6. The van der Waals surface area contributed by atoms with Gasteiger partial charge in [-0.25, -0.2) is 0 Å². The monoisotopic (exact) mass is 719 g/mol. The fraction of sp³-hybridized carbons (Fsp3) is 0. The van der Waals surface area contributed by atoms with E-state index in [0.717, 1.165) is 50.1 Å². The molecule has 9 aromatic carbocycles. The normalized spacial score (nSPS) is 11.6. The molecular weight excluding hydrogens is 687 g/mol. The van der Waals surface area contributed by atoms with Crippen molar-refractivity contribution in [3.8, 4) is 33.4 Å². The third-order valence-electron chi connectivity index (χ3n) is 10.9. The van der Waals surface area contributed by atoms with Gasteiger partial charge in [0.05, 0.1) is 5.69 Å². The van der Waals surface area contributed by atoms with Crippen LogP contribution in [-0.4, -0.2) is 0 Å². The summed E-state index contributed by atoms with van der Waals surface area (Å²) in [5.41, 5.74) is 11.9. The highest BCUT2D eigenvalue weighted by atomic mass is 32.1. The number of fused-ring (bicyclic) bond motifs is 7. The summed E-state index contributed by atoms with van der Waals surface area (Å²) < 4.78 is 9.46. The van der Waals surface area contributed by atoms with Gasteiger partial charge in [-0.05, 0) is 87.1 Å². The molecule has 2 nitrogen and oxygen atoms in total. The maximum Gasteiger partial charge on any atom is 0.160 e. The second kappa shape index (κ2) is 12.9. The number of thiophene rings is 1. The maximum absolute atomic E-state index is 6.83. The van der Waals surface area contributed by atoms with Gasteiger partial charge in [0, 0.05) is 47.9 Å². The predicted molar refractivity (Wildman–Crippen MR) is 235 cm³/mol. The molecule has 55 heavy (non-hydrogen) atoms. The minimum absolute atomic E-state index is 0.861. The first-order valence-electron chi connectivity index (χ1n) is 18.7. The average molecular weight is 720 g/mol. The Balaban J connectivity index is 1.11. The van der Waals surface area contributed by atoms with Crippen molar-refractivity contribution in [2.75, 3.05) is 4.90 Å². The van der Waals surface area contributed by atoms with Crippen LogP contribution in [0.4, 0.5) is 17.1 Å². The molecule has 2 aromatic heterocycles. The molecule has 0 unspecified atom stereocenters. The Morgan fingerprint density at radius 3 is 1.84 bits per heavy atom. The summed E-state index contributed by atoms with van der Waals surface area (Å²) in [7, 11) is 0. The molecule has 0 bridgehead atoms. The van der Waals surface area contributed by atoms with Crippen LogP contribution in [0, 0.1) is 0 Å². The van der Waals surface area contributed by atoms with Crippen LogP contribution in [0.25, 0.3) is 86.3 Å². The highest BCUT2D eigenvalue weighted by Crippen LogP contribution is 2.48. The number of furan rings is 1. The van der Waals surface area contributed by atoms with Crippen molar-refractivity contribution >= 4 is 81.3 Å². The molecular formula is C52H33NOS. The van der Waals surface area contributed by atoms with Gasteiger partial charge in [-0.15, -0.1) is 11.3 Å². The lowest BCUT2D eigenvalue weighted by Crippen LogP contribution is -2.11. The zero-order valence-electron chi connectivity index (χ0n) is 29.8. The summed E-state index contributed by atoms with van der Waals surface area (Å²) in [4.78, 5) is 2.38.